The summed E-state index contributed by atoms with van der Waals surface area (Å²) in [5.41, 5.74) is 0.643. The number of nitrogens with zero attached hydrogens (tertiary/aromatic N) is 2. The topological polar surface area (TPSA) is 45.2 Å². The Morgan fingerprint density at radius 1 is 1.36 bits per heavy atom. The van der Waals surface area contributed by atoms with Crippen LogP contribution in [0.5, 0.6) is 0 Å². The van der Waals surface area contributed by atoms with Crippen LogP contribution in [-0.2, 0) is 0 Å². The maximum atomic E-state index is 12.5. The lowest BCUT2D eigenvalue weighted by atomic mass is 10.1. The van der Waals surface area contributed by atoms with Crippen molar-refractivity contribution >= 4 is 22.9 Å². The molecule has 0 spiro atoms. The molecule has 2 aromatic rings. The van der Waals surface area contributed by atoms with Crippen LogP contribution in [0, 0.1) is 0 Å². The first-order valence-electron chi connectivity index (χ1n) is 7.52. The fourth-order valence-corrected chi connectivity index (χ4v) is 2.94. The van der Waals surface area contributed by atoms with Gasteiger partial charge in [0.1, 0.15) is 5.82 Å². The number of pyridine rings is 1. The van der Waals surface area contributed by atoms with Crippen LogP contribution in [0.3, 0.4) is 0 Å². The molecule has 0 aromatic carbocycles. The summed E-state index contributed by atoms with van der Waals surface area (Å²) in [6.45, 7) is 3.19. The quantitative estimate of drug-likeness (QED) is 0.757. The predicted molar refractivity (Wildman–Crippen MR) is 92.9 cm³/mol. The molecule has 2 aromatic heterocycles. The van der Waals surface area contributed by atoms with Crippen LogP contribution in [0.1, 0.15) is 35.0 Å². The molecule has 0 radical (unpaired) electrons. The Bertz CT molecular complexity index is 596. The van der Waals surface area contributed by atoms with E-state index in [-0.39, 0.29) is 11.8 Å². The Balaban J connectivity index is 2.04. The van der Waals surface area contributed by atoms with Crippen molar-refractivity contribution in [2.75, 3.05) is 26.0 Å². The molecule has 2 rings (SSSR count). The summed E-state index contributed by atoms with van der Waals surface area (Å²) in [5.74, 6) is 0.712. The minimum Gasteiger partial charge on any atom is -0.367 e. The minimum absolute atomic E-state index is 0.0334. The van der Waals surface area contributed by atoms with Gasteiger partial charge in [0.15, 0.2) is 0 Å². The molecule has 0 bridgehead atoms. The van der Waals surface area contributed by atoms with Crippen molar-refractivity contribution in [2.45, 2.75) is 25.8 Å². The van der Waals surface area contributed by atoms with Crippen molar-refractivity contribution in [1.82, 2.24) is 9.88 Å². The maximum Gasteiger partial charge on any atom is 0.206 e. The number of thiophene rings is 1. The number of rotatable bonds is 8. The molecule has 0 saturated heterocycles. The standard InChI is InChI=1S/C17H23N3OS/c1-13(7-5-11-20(2)3)19-17-14(8-4-10-18-17)16(21)15-9-6-12-22-15/h4,6,8-10,12-13H,5,7,11H2,1-3H3,(H,18,19). The van der Waals surface area contributed by atoms with E-state index >= 15 is 0 Å². The van der Waals surface area contributed by atoms with Crippen LogP contribution in [0.2, 0.25) is 0 Å². The summed E-state index contributed by atoms with van der Waals surface area (Å²) in [7, 11) is 4.16. The first-order chi connectivity index (χ1) is 10.6. The molecular formula is C17H23N3OS. The van der Waals surface area contributed by atoms with Gasteiger partial charge in [0.25, 0.3) is 0 Å². The average molecular weight is 317 g/mol. The van der Waals surface area contributed by atoms with Gasteiger partial charge in [-0.1, -0.05) is 6.07 Å². The molecule has 2 heterocycles. The Hall–Kier alpha value is -1.72. The van der Waals surface area contributed by atoms with Gasteiger partial charge in [0, 0.05) is 12.2 Å². The number of carbonyl (C=O) groups excluding carboxylic acids is 1. The van der Waals surface area contributed by atoms with Crippen LogP contribution in [0.25, 0.3) is 0 Å². The van der Waals surface area contributed by atoms with Crippen LogP contribution >= 0.6 is 11.3 Å². The van der Waals surface area contributed by atoms with Crippen LogP contribution in [-0.4, -0.2) is 42.3 Å². The molecule has 0 aliphatic carbocycles. The third-order valence-corrected chi connectivity index (χ3v) is 4.29. The van der Waals surface area contributed by atoms with Crippen molar-refractivity contribution in [3.05, 3.63) is 46.3 Å². The molecule has 4 nitrogen and oxygen atoms in total. The molecule has 1 atom stereocenters. The van der Waals surface area contributed by atoms with E-state index in [4.69, 9.17) is 0 Å². The van der Waals surface area contributed by atoms with Gasteiger partial charge in [-0.2, -0.15) is 0 Å². The Labute approximate surface area is 136 Å². The summed E-state index contributed by atoms with van der Waals surface area (Å²) < 4.78 is 0. The third-order valence-electron chi connectivity index (χ3n) is 3.42. The van der Waals surface area contributed by atoms with Crippen LogP contribution < -0.4 is 5.32 Å². The second kappa shape index (κ2) is 8.06. The number of anilines is 1. The van der Waals surface area contributed by atoms with Gasteiger partial charge in [-0.3, -0.25) is 4.79 Å². The number of ketones is 1. The number of hydrogen-bond donors (Lipinski definition) is 1. The number of aromatic nitrogens is 1. The van der Waals surface area contributed by atoms with E-state index in [0.717, 1.165) is 24.3 Å². The van der Waals surface area contributed by atoms with Crippen molar-refractivity contribution in [3.8, 4) is 0 Å². The average Bonchev–Trinajstić information content (AvgIpc) is 3.01. The molecule has 0 aliphatic heterocycles. The zero-order valence-corrected chi connectivity index (χ0v) is 14.2. The van der Waals surface area contributed by atoms with E-state index in [1.54, 1.807) is 6.20 Å². The van der Waals surface area contributed by atoms with E-state index in [0.29, 0.717) is 11.4 Å². The van der Waals surface area contributed by atoms with E-state index in [9.17, 15) is 4.79 Å². The first-order valence-corrected chi connectivity index (χ1v) is 8.40. The second-order valence-corrected chi connectivity index (χ2v) is 6.64. The van der Waals surface area contributed by atoms with Gasteiger partial charge in [-0.05, 0) is 64.0 Å². The molecule has 0 amide bonds. The highest BCUT2D eigenvalue weighted by Gasteiger charge is 2.16. The second-order valence-electron chi connectivity index (χ2n) is 5.70. The summed E-state index contributed by atoms with van der Waals surface area (Å²) in [5, 5.41) is 5.30. The summed E-state index contributed by atoms with van der Waals surface area (Å²) >= 11 is 1.46. The zero-order chi connectivity index (χ0) is 15.9. The minimum atomic E-state index is 0.0334. The Kier molecular flexibility index (Phi) is 6.10. The molecule has 118 valence electrons. The first kappa shape index (κ1) is 16.6. The monoisotopic (exact) mass is 317 g/mol. The van der Waals surface area contributed by atoms with Gasteiger partial charge in [-0.25, -0.2) is 4.98 Å². The highest BCUT2D eigenvalue weighted by Crippen LogP contribution is 2.21. The lowest BCUT2D eigenvalue weighted by Gasteiger charge is -2.17. The van der Waals surface area contributed by atoms with Gasteiger partial charge in [-0.15, -0.1) is 11.3 Å². The van der Waals surface area contributed by atoms with E-state index < -0.39 is 0 Å². The Morgan fingerprint density at radius 3 is 2.86 bits per heavy atom. The largest absolute Gasteiger partial charge is 0.367 e. The van der Waals surface area contributed by atoms with E-state index in [1.807, 2.05) is 29.6 Å². The van der Waals surface area contributed by atoms with Crippen molar-refractivity contribution < 1.29 is 4.79 Å². The highest BCUT2D eigenvalue weighted by molar-refractivity contribution is 7.12. The lowest BCUT2D eigenvalue weighted by molar-refractivity contribution is 0.104. The maximum absolute atomic E-state index is 12.5. The molecule has 5 heteroatoms. The Morgan fingerprint density at radius 2 is 2.18 bits per heavy atom. The SMILES string of the molecule is CC(CCCN(C)C)Nc1ncccc1C(=O)c1cccs1. The fourth-order valence-electron chi connectivity index (χ4n) is 2.26. The van der Waals surface area contributed by atoms with Crippen LogP contribution in [0.4, 0.5) is 5.82 Å². The van der Waals surface area contributed by atoms with Crippen molar-refractivity contribution in [3.63, 3.8) is 0 Å². The summed E-state index contributed by atoms with van der Waals surface area (Å²) in [4.78, 5) is 19.8. The van der Waals surface area contributed by atoms with E-state index in [2.05, 4.69) is 36.2 Å². The number of hydrogen-bond acceptors (Lipinski definition) is 5. The summed E-state index contributed by atoms with van der Waals surface area (Å²) in [6.07, 6.45) is 3.88. The molecule has 22 heavy (non-hydrogen) atoms. The lowest BCUT2D eigenvalue weighted by Crippen LogP contribution is -2.21. The third kappa shape index (κ3) is 4.64. The number of carbonyl (C=O) groups is 1. The highest BCUT2D eigenvalue weighted by atomic mass is 32.1. The molecule has 0 fully saturated rings. The summed E-state index contributed by atoms with van der Waals surface area (Å²) in [6, 6.07) is 7.67. The molecule has 1 unspecified atom stereocenters. The zero-order valence-electron chi connectivity index (χ0n) is 13.4. The molecule has 0 aliphatic rings. The van der Waals surface area contributed by atoms with Gasteiger partial charge >= 0.3 is 0 Å². The van der Waals surface area contributed by atoms with Crippen LogP contribution in [0.15, 0.2) is 35.8 Å². The predicted octanol–water partition coefficient (Wildman–Crippen LogP) is 3.52. The van der Waals surface area contributed by atoms with Gasteiger partial charge in [0.2, 0.25) is 5.78 Å². The molecular weight excluding hydrogens is 294 g/mol. The molecule has 1 N–H and O–H groups in total. The van der Waals surface area contributed by atoms with E-state index in [1.165, 1.54) is 11.3 Å². The van der Waals surface area contributed by atoms with Gasteiger partial charge < -0.3 is 10.2 Å². The van der Waals surface area contributed by atoms with Crippen molar-refractivity contribution in [1.29, 1.82) is 0 Å². The van der Waals surface area contributed by atoms with Crippen molar-refractivity contribution in [2.24, 2.45) is 0 Å². The molecule has 0 saturated carbocycles. The fraction of sp³-hybridized carbons (Fsp3) is 0.412. The normalized spacial score (nSPS) is 12.4. The van der Waals surface area contributed by atoms with Gasteiger partial charge in [0.05, 0.1) is 10.4 Å². The smallest absolute Gasteiger partial charge is 0.206 e. The number of nitrogens with one attached hydrogen (secondary N) is 1.